The number of phenols is 1. The molecule has 5 heteroatoms. The van der Waals surface area contributed by atoms with Gasteiger partial charge in [-0.2, -0.15) is 0 Å². The summed E-state index contributed by atoms with van der Waals surface area (Å²) in [5.41, 5.74) is 2.78. The Morgan fingerprint density at radius 1 is 1.24 bits per heavy atom. The van der Waals surface area contributed by atoms with Crippen molar-refractivity contribution in [2.45, 2.75) is 13.5 Å². The normalized spacial score (nSPS) is 11.0. The van der Waals surface area contributed by atoms with Crippen molar-refractivity contribution in [2.24, 2.45) is 0 Å². The summed E-state index contributed by atoms with van der Waals surface area (Å²) in [6.45, 7) is 2.85. The van der Waals surface area contributed by atoms with Crippen LogP contribution in [0.3, 0.4) is 0 Å². The van der Waals surface area contributed by atoms with Crippen molar-refractivity contribution in [1.82, 2.24) is 9.55 Å². The van der Waals surface area contributed by atoms with Gasteiger partial charge < -0.3 is 14.4 Å². The average molecular weight is 303 g/mol. The highest BCUT2D eigenvalue weighted by molar-refractivity contribution is 6.32. The topological polar surface area (TPSA) is 47.3 Å². The molecule has 3 rings (SSSR count). The molecular formula is C16H15ClN2O2. The number of hydrogen-bond acceptors (Lipinski definition) is 3. The number of hydrogen-bond donors (Lipinski definition) is 1. The lowest BCUT2D eigenvalue weighted by molar-refractivity contribution is 0.415. The second-order valence-corrected chi connectivity index (χ2v) is 5.11. The first-order valence-electron chi connectivity index (χ1n) is 6.67. The van der Waals surface area contributed by atoms with Gasteiger partial charge in [-0.25, -0.2) is 4.98 Å². The highest BCUT2D eigenvalue weighted by Gasteiger charge is 2.13. The van der Waals surface area contributed by atoms with Gasteiger partial charge in [0.05, 0.1) is 23.2 Å². The fraction of sp³-hybridized carbons (Fsp3) is 0.188. The fourth-order valence-electron chi connectivity index (χ4n) is 2.42. The SMILES string of the molecule is CCn1c(-c2ccc(O)c(Cl)c2)nc2cc(OC)ccc21. The van der Waals surface area contributed by atoms with Gasteiger partial charge in [-0.15, -0.1) is 0 Å². The van der Waals surface area contributed by atoms with Gasteiger partial charge in [0.1, 0.15) is 17.3 Å². The second-order valence-electron chi connectivity index (χ2n) is 4.70. The molecule has 21 heavy (non-hydrogen) atoms. The van der Waals surface area contributed by atoms with Crippen molar-refractivity contribution in [1.29, 1.82) is 0 Å². The number of nitrogens with zero attached hydrogens (tertiary/aromatic N) is 2. The van der Waals surface area contributed by atoms with Gasteiger partial charge in [-0.3, -0.25) is 0 Å². The minimum Gasteiger partial charge on any atom is -0.506 e. The monoisotopic (exact) mass is 302 g/mol. The maximum Gasteiger partial charge on any atom is 0.141 e. The summed E-state index contributed by atoms with van der Waals surface area (Å²) >= 11 is 6.00. The molecule has 0 aliphatic rings. The van der Waals surface area contributed by atoms with E-state index in [-0.39, 0.29) is 5.75 Å². The molecule has 0 fully saturated rings. The number of phenolic OH excluding ortho intramolecular Hbond substituents is 1. The molecule has 3 aromatic rings. The van der Waals surface area contributed by atoms with Crippen LogP contribution in [0.25, 0.3) is 22.4 Å². The Hall–Kier alpha value is -2.20. The summed E-state index contributed by atoms with van der Waals surface area (Å²) in [5.74, 6) is 1.67. The average Bonchev–Trinajstić information content (AvgIpc) is 2.87. The Morgan fingerprint density at radius 2 is 2.05 bits per heavy atom. The smallest absolute Gasteiger partial charge is 0.141 e. The summed E-state index contributed by atoms with van der Waals surface area (Å²) in [5, 5.41) is 9.87. The van der Waals surface area contributed by atoms with E-state index in [4.69, 9.17) is 16.3 Å². The first kappa shape index (κ1) is 13.8. The summed E-state index contributed by atoms with van der Waals surface area (Å²) < 4.78 is 7.35. The van der Waals surface area contributed by atoms with Crippen molar-refractivity contribution in [2.75, 3.05) is 7.11 Å². The van der Waals surface area contributed by atoms with Crippen LogP contribution in [-0.4, -0.2) is 21.8 Å². The molecule has 0 unspecified atom stereocenters. The number of fused-ring (bicyclic) bond motifs is 1. The molecule has 2 aromatic carbocycles. The lowest BCUT2D eigenvalue weighted by atomic mass is 10.2. The van der Waals surface area contributed by atoms with Crippen LogP contribution in [0.4, 0.5) is 0 Å². The quantitative estimate of drug-likeness (QED) is 0.792. The highest BCUT2D eigenvalue weighted by Crippen LogP contribution is 2.31. The minimum absolute atomic E-state index is 0.0706. The van der Waals surface area contributed by atoms with Crippen LogP contribution in [0.1, 0.15) is 6.92 Å². The first-order chi connectivity index (χ1) is 10.1. The Labute approximate surface area is 127 Å². The van der Waals surface area contributed by atoms with E-state index in [1.165, 1.54) is 0 Å². The summed E-state index contributed by atoms with van der Waals surface area (Å²) in [4.78, 5) is 4.68. The highest BCUT2D eigenvalue weighted by atomic mass is 35.5. The lowest BCUT2D eigenvalue weighted by Gasteiger charge is -2.07. The lowest BCUT2D eigenvalue weighted by Crippen LogP contribution is -1.97. The van der Waals surface area contributed by atoms with Crippen molar-refractivity contribution in [3.63, 3.8) is 0 Å². The first-order valence-corrected chi connectivity index (χ1v) is 7.05. The van der Waals surface area contributed by atoms with Crippen LogP contribution in [0.5, 0.6) is 11.5 Å². The van der Waals surface area contributed by atoms with Gasteiger partial charge in [0.15, 0.2) is 0 Å². The molecule has 0 bridgehead atoms. The van der Waals surface area contributed by atoms with Gasteiger partial charge in [0.25, 0.3) is 0 Å². The third kappa shape index (κ3) is 2.32. The van der Waals surface area contributed by atoms with E-state index < -0.39 is 0 Å². The summed E-state index contributed by atoms with van der Waals surface area (Å²) in [6.07, 6.45) is 0. The minimum atomic E-state index is 0.0706. The standard InChI is InChI=1S/C16H15ClN2O2/c1-3-19-14-6-5-11(21-2)9-13(14)18-16(19)10-4-7-15(20)12(17)8-10/h4-9,20H,3H2,1-2H3. The van der Waals surface area contributed by atoms with Gasteiger partial charge >= 0.3 is 0 Å². The Kier molecular flexibility index (Phi) is 3.47. The largest absolute Gasteiger partial charge is 0.506 e. The molecule has 0 aliphatic carbocycles. The number of ether oxygens (including phenoxy) is 1. The third-order valence-corrected chi connectivity index (χ3v) is 3.78. The van der Waals surface area contributed by atoms with E-state index in [2.05, 4.69) is 16.5 Å². The molecule has 0 aliphatic heterocycles. The van der Waals surface area contributed by atoms with Gasteiger partial charge in [-0.1, -0.05) is 11.6 Å². The zero-order chi connectivity index (χ0) is 15.0. The van der Waals surface area contributed by atoms with Crippen molar-refractivity contribution >= 4 is 22.6 Å². The van der Waals surface area contributed by atoms with Crippen molar-refractivity contribution < 1.29 is 9.84 Å². The fourth-order valence-corrected chi connectivity index (χ4v) is 2.60. The Balaban J connectivity index is 2.23. The summed E-state index contributed by atoms with van der Waals surface area (Å²) in [6, 6.07) is 10.9. The number of halogens is 1. The van der Waals surface area contributed by atoms with Crippen molar-refractivity contribution in [3.05, 3.63) is 41.4 Å². The molecule has 1 N–H and O–H groups in total. The molecule has 1 heterocycles. The molecule has 0 saturated carbocycles. The summed E-state index contributed by atoms with van der Waals surface area (Å²) in [7, 11) is 1.64. The molecule has 1 aromatic heterocycles. The maximum absolute atomic E-state index is 9.55. The van der Waals surface area contributed by atoms with E-state index in [0.29, 0.717) is 5.02 Å². The zero-order valence-corrected chi connectivity index (χ0v) is 12.6. The van der Waals surface area contributed by atoms with E-state index >= 15 is 0 Å². The predicted octanol–water partition coefficient (Wildman–Crippen LogP) is 4.09. The van der Waals surface area contributed by atoms with Gasteiger partial charge in [0, 0.05) is 18.2 Å². The Morgan fingerprint density at radius 3 is 2.71 bits per heavy atom. The molecule has 0 atom stereocenters. The van der Waals surface area contributed by atoms with Crippen LogP contribution >= 0.6 is 11.6 Å². The van der Waals surface area contributed by atoms with E-state index in [1.807, 2.05) is 24.3 Å². The van der Waals surface area contributed by atoms with Gasteiger partial charge in [0.2, 0.25) is 0 Å². The number of aromatic nitrogens is 2. The van der Waals surface area contributed by atoms with Crippen LogP contribution < -0.4 is 4.74 Å². The van der Waals surface area contributed by atoms with E-state index in [0.717, 1.165) is 34.7 Å². The predicted molar refractivity (Wildman–Crippen MR) is 84.1 cm³/mol. The maximum atomic E-state index is 9.55. The van der Waals surface area contributed by atoms with E-state index in [9.17, 15) is 5.11 Å². The molecule has 0 amide bonds. The zero-order valence-electron chi connectivity index (χ0n) is 11.8. The molecule has 108 valence electrons. The van der Waals surface area contributed by atoms with Crippen LogP contribution in [-0.2, 0) is 6.54 Å². The van der Waals surface area contributed by atoms with Crippen LogP contribution in [0.15, 0.2) is 36.4 Å². The van der Waals surface area contributed by atoms with Crippen LogP contribution in [0, 0.1) is 0 Å². The van der Waals surface area contributed by atoms with E-state index in [1.54, 1.807) is 19.2 Å². The number of rotatable bonds is 3. The third-order valence-electron chi connectivity index (χ3n) is 3.48. The molecule has 0 saturated heterocycles. The number of benzene rings is 2. The number of aryl methyl sites for hydroxylation is 1. The van der Waals surface area contributed by atoms with Crippen molar-refractivity contribution in [3.8, 4) is 22.9 Å². The number of methoxy groups -OCH3 is 1. The molecular weight excluding hydrogens is 288 g/mol. The second kappa shape index (κ2) is 5.30. The Bertz CT molecular complexity index is 811. The van der Waals surface area contributed by atoms with Gasteiger partial charge in [-0.05, 0) is 37.3 Å². The number of imidazole rings is 1. The van der Waals surface area contributed by atoms with Crippen LogP contribution in [0.2, 0.25) is 5.02 Å². The molecule has 4 nitrogen and oxygen atoms in total. The number of aromatic hydroxyl groups is 1. The molecule has 0 radical (unpaired) electrons. The molecule has 0 spiro atoms.